The summed E-state index contributed by atoms with van der Waals surface area (Å²) in [5.41, 5.74) is 0.783. The van der Waals surface area contributed by atoms with E-state index in [4.69, 9.17) is 14.2 Å². The van der Waals surface area contributed by atoms with E-state index in [2.05, 4.69) is 0 Å². The summed E-state index contributed by atoms with van der Waals surface area (Å²) in [7, 11) is 3.19. The first kappa shape index (κ1) is 13.9. The van der Waals surface area contributed by atoms with Crippen molar-refractivity contribution in [3.05, 3.63) is 29.8 Å². The third-order valence-electron chi connectivity index (χ3n) is 2.65. The highest BCUT2D eigenvalue weighted by atomic mass is 16.7. The number of carbonyl (C=O) groups excluding carboxylic acids is 2. The maximum Gasteiger partial charge on any atom is 0.331 e. The van der Waals surface area contributed by atoms with Crippen molar-refractivity contribution in [2.75, 3.05) is 27.5 Å². The van der Waals surface area contributed by atoms with Gasteiger partial charge in [-0.1, -0.05) is 6.07 Å². The van der Waals surface area contributed by atoms with Crippen LogP contribution in [0, 0.1) is 0 Å². The van der Waals surface area contributed by atoms with Crippen LogP contribution in [0.5, 0.6) is 11.5 Å². The molecule has 0 unspecified atom stereocenters. The van der Waals surface area contributed by atoms with E-state index >= 15 is 0 Å². The number of esters is 1. The van der Waals surface area contributed by atoms with E-state index in [1.54, 1.807) is 38.4 Å². The molecule has 0 fully saturated rings. The molecule has 20 heavy (non-hydrogen) atoms. The van der Waals surface area contributed by atoms with Crippen molar-refractivity contribution in [3.63, 3.8) is 0 Å². The topological polar surface area (TPSA) is 65.1 Å². The number of hydrogen-bond acceptors (Lipinski definition) is 5. The van der Waals surface area contributed by atoms with Crippen LogP contribution >= 0.6 is 0 Å². The molecule has 0 spiro atoms. The SMILES string of the molecule is CN(C)C(=O)COC(=O)/C=C/c1ccc2c(c1)OCO2. The number of benzene rings is 1. The molecule has 0 saturated heterocycles. The van der Waals surface area contributed by atoms with Gasteiger partial charge in [0.2, 0.25) is 6.79 Å². The molecule has 0 bridgehead atoms. The van der Waals surface area contributed by atoms with E-state index in [1.807, 2.05) is 0 Å². The average molecular weight is 277 g/mol. The zero-order chi connectivity index (χ0) is 14.5. The molecule has 1 aromatic carbocycles. The van der Waals surface area contributed by atoms with E-state index in [1.165, 1.54) is 11.0 Å². The summed E-state index contributed by atoms with van der Waals surface area (Å²) in [5.74, 6) is 0.484. The molecule has 0 aromatic heterocycles. The van der Waals surface area contributed by atoms with Crippen LogP contribution in [0.1, 0.15) is 5.56 Å². The number of fused-ring (bicyclic) bond motifs is 1. The van der Waals surface area contributed by atoms with Crippen molar-refractivity contribution in [1.82, 2.24) is 4.90 Å². The smallest absolute Gasteiger partial charge is 0.331 e. The molecule has 0 radical (unpaired) electrons. The maximum absolute atomic E-state index is 11.4. The first-order valence-corrected chi connectivity index (χ1v) is 6.01. The lowest BCUT2D eigenvalue weighted by Crippen LogP contribution is -2.27. The average Bonchev–Trinajstić information content (AvgIpc) is 2.89. The zero-order valence-corrected chi connectivity index (χ0v) is 11.3. The summed E-state index contributed by atoms with van der Waals surface area (Å²) in [6, 6.07) is 5.32. The van der Waals surface area contributed by atoms with Gasteiger partial charge in [-0.3, -0.25) is 4.79 Å². The van der Waals surface area contributed by atoms with Crippen LogP contribution < -0.4 is 9.47 Å². The second-order valence-corrected chi connectivity index (χ2v) is 4.34. The quantitative estimate of drug-likeness (QED) is 0.608. The summed E-state index contributed by atoms with van der Waals surface area (Å²) >= 11 is 0. The monoisotopic (exact) mass is 277 g/mol. The lowest BCUT2D eigenvalue weighted by atomic mass is 10.2. The standard InChI is InChI=1S/C14H15NO5/c1-15(2)13(16)8-18-14(17)6-4-10-3-5-11-12(7-10)20-9-19-11/h3-7H,8-9H2,1-2H3/b6-4+. The fraction of sp³-hybridized carbons (Fsp3) is 0.286. The summed E-state index contributed by atoms with van der Waals surface area (Å²) < 4.78 is 15.2. The number of ether oxygens (including phenoxy) is 3. The van der Waals surface area contributed by atoms with Crippen LogP contribution in [0.15, 0.2) is 24.3 Å². The number of nitrogens with zero attached hydrogens (tertiary/aromatic N) is 1. The minimum Gasteiger partial charge on any atom is -0.454 e. The Bertz CT molecular complexity index is 550. The van der Waals surface area contributed by atoms with Crippen molar-refractivity contribution in [3.8, 4) is 11.5 Å². The van der Waals surface area contributed by atoms with Crippen LogP contribution in [0.3, 0.4) is 0 Å². The highest BCUT2D eigenvalue weighted by molar-refractivity contribution is 5.89. The Kier molecular flexibility index (Phi) is 4.24. The second-order valence-electron chi connectivity index (χ2n) is 4.34. The van der Waals surface area contributed by atoms with E-state index < -0.39 is 5.97 Å². The number of hydrogen-bond donors (Lipinski definition) is 0. The van der Waals surface area contributed by atoms with Gasteiger partial charge in [0.25, 0.3) is 5.91 Å². The van der Waals surface area contributed by atoms with Crippen molar-refractivity contribution in [2.45, 2.75) is 0 Å². The Morgan fingerprint density at radius 2 is 2.05 bits per heavy atom. The Hall–Kier alpha value is -2.50. The first-order chi connectivity index (χ1) is 9.56. The summed E-state index contributed by atoms with van der Waals surface area (Å²) in [5, 5.41) is 0. The predicted molar refractivity (Wildman–Crippen MR) is 71.3 cm³/mol. The normalized spacial score (nSPS) is 12.5. The Balaban J connectivity index is 1.89. The molecule has 1 aliphatic heterocycles. The van der Waals surface area contributed by atoms with Gasteiger partial charge in [-0.25, -0.2) is 4.79 Å². The van der Waals surface area contributed by atoms with Crippen molar-refractivity contribution in [1.29, 1.82) is 0 Å². The summed E-state index contributed by atoms with van der Waals surface area (Å²) in [4.78, 5) is 24.0. The summed E-state index contributed by atoms with van der Waals surface area (Å²) in [6.45, 7) is -0.0610. The van der Waals surface area contributed by atoms with Crippen LogP contribution in [-0.4, -0.2) is 44.3 Å². The maximum atomic E-state index is 11.4. The van der Waals surface area contributed by atoms with Gasteiger partial charge in [0, 0.05) is 20.2 Å². The van der Waals surface area contributed by atoms with Crippen LogP contribution in [-0.2, 0) is 14.3 Å². The Morgan fingerprint density at radius 1 is 1.30 bits per heavy atom. The molecule has 1 amide bonds. The largest absolute Gasteiger partial charge is 0.454 e. The molecule has 106 valence electrons. The Labute approximate surface area is 116 Å². The van der Waals surface area contributed by atoms with Gasteiger partial charge in [-0.05, 0) is 23.8 Å². The fourth-order valence-electron chi connectivity index (χ4n) is 1.49. The van der Waals surface area contributed by atoms with Gasteiger partial charge < -0.3 is 19.1 Å². The molecule has 2 rings (SSSR count). The van der Waals surface area contributed by atoms with Crippen LogP contribution in [0.25, 0.3) is 6.08 Å². The highest BCUT2D eigenvalue weighted by Crippen LogP contribution is 2.32. The lowest BCUT2D eigenvalue weighted by Gasteiger charge is -2.09. The number of rotatable bonds is 4. The molecule has 0 aliphatic carbocycles. The first-order valence-electron chi connectivity index (χ1n) is 6.01. The zero-order valence-electron chi connectivity index (χ0n) is 11.3. The van der Waals surface area contributed by atoms with Gasteiger partial charge in [-0.2, -0.15) is 0 Å². The molecule has 1 aromatic rings. The molecule has 1 heterocycles. The summed E-state index contributed by atoms with van der Waals surface area (Å²) in [6.07, 6.45) is 2.85. The third-order valence-corrected chi connectivity index (χ3v) is 2.65. The van der Waals surface area contributed by atoms with Crippen molar-refractivity contribution < 1.29 is 23.8 Å². The van der Waals surface area contributed by atoms with Gasteiger partial charge in [0.1, 0.15) is 0 Å². The van der Waals surface area contributed by atoms with E-state index in [0.717, 1.165) is 5.56 Å². The molecular weight excluding hydrogens is 262 g/mol. The number of amides is 1. The fourth-order valence-corrected chi connectivity index (χ4v) is 1.49. The van der Waals surface area contributed by atoms with E-state index in [9.17, 15) is 9.59 Å². The van der Waals surface area contributed by atoms with Crippen molar-refractivity contribution >= 4 is 18.0 Å². The van der Waals surface area contributed by atoms with Gasteiger partial charge in [0.05, 0.1) is 0 Å². The molecule has 1 aliphatic rings. The molecule has 6 heteroatoms. The van der Waals surface area contributed by atoms with Gasteiger partial charge in [-0.15, -0.1) is 0 Å². The van der Waals surface area contributed by atoms with Gasteiger partial charge >= 0.3 is 5.97 Å². The molecule has 0 N–H and O–H groups in total. The molecule has 6 nitrogen and oxygen atoms in total. The lowest BCUT2D eigenvalue weighted by molar-refractivity contribution is -0.146. The number of likely N-dealkylation sites (N-methyl/N-ethyl adjacent to an activating group) is 1. The van der Waals surface area contributed by atoms with Crippen LogP contribution in [0.4, 0.5) is 0 Å². The van der Waals surface area contributed by atoms with Gasteiger partial charge in [0.15, 0.2) is 18.1 Å². The third kappa shape index (κ3) is 3.50. The Morgan fingerprint density at radius 3 is 2.80 bits per heavy atom. The molecular formula is C14H15NO5. The molecule has 0 atom stereocenters. The number of carbonyl (C=O) groups is 2. The van der Waals surface area contributed by atoms with Crippen molar-refractivity contribution in [2.24, 2.45) is 0 Å². The van der Waals surface area contributed by atoms with E-state index in [0.29, 0.717) is 11.5 Å². The van der Waals surface area contributed by atoms with E-state index in [-0.39, 0.29) is 19.3 Å². The second kappa shape index (κ2) is 6.10. The predicted octanol–water partition coefficient (Wildman–Crippen LogP) is 1.06. The van der Waals surface area contributed by atoms with Crippen LogP contribution in [0.2, 0.25) is 0 Å². The minimum atomic E-state index is -0.571. The molecule has 0 saturated carbocycles. The minimum absolute atomic E-state index is 0.206. The highest BCUT2D eigenvalue weighted by Gasteiger charge is 2.12.